The van der Waals surface area contributed by atoms with Crippen molar-refractivity contribution in [2.75, 3.05) is 13.1 Å². The van der Waals surface area contributed by atoms with E-state index in [4.69, 9.17) is 5.11 Å². The molecule has 6 heteroatoms. The quantitative estimate of drug-likeness (QED) is 0.745. The average Bonchev–Trinajstić information content (AvgIpc) is 3.10. The number of carboxylic acids is 1. The summed E-state index contributed by atoms with van der Waals surface area (Å²) in [6.07, 6.45) is 7.55. The lowest BCUT2D eigenvalue weighted by molar-refractivity contribution is -0.140. The third-order valence-electron chi connectivity index (χ3n) is 5.44. The van der Waals surface area contributed by atoms with Gasteiger partial charge in [-0.1, -0.05) is 12.8 Å². The number of carbonyl (C=O) groups excluding carboxylic acids is 2. The first-order valence-electron chi connectivity index (χ1n) is 9.32. The van der Waals surface area contributed by atoms with Crippen LogP contribution >= 0.6 is 0 Å². The van der Waals surface area contributed by atoms with Crippen LogP contribution in [0, 0.1) is 11.8 Å². The third kappa shape index (κ3) is 5.21. The lowest BCUT2D eigenvalue weighted by Crippen LogP contribution is -2.44. The fraction of sp³-hybridized carbons (Fsp3) is 0.833. The van der Waals surface area contributed by atoms with Crippen molar-refractivity contribution < 1.29 is 19.5 Å². The summed E-state index contributed by atoms with van der Waals surface area (Å²) >= 11 is 0. The second-order valence-corrected chi connectivity index (χ2v) is 7.10. The molecule has 2 amide bonds. The Bertz CT molecular complexity index is 452. The van der Waals surface area contributed by atoms with Crippen LogP contribution in [0.15, 0.2) is 0 Å². The predicted octanol–water partition coefficient (Wildman–Crippen LogP) is 2.17. The van der Waals surface area contributed by atoms with E-state index in [0.29, 0.717) is 6.54 Å². The first kappa shape index (κ1) is 18.7. The Morgan fingerprint density at radius 3 is 2.17 bits per heavy atom. The molecule has 0 aromatic carbocycles. The molecule has 0 bridgehead atoms. The Morgan fingerprint density at radius 2 is 1.62 bits per heavy atom. The lowest BCUT2D eigenvalue weighted by Gasteiger charge is -2.32. The van der Waals surface area contributed by atoms with Crippen molar-refractivity contribution in [2.24, 2.45) is 11.8 Å². The average molecular weight is 338 g/mol. The molecule has 136 valence electrons. The van der Waals surface area contributed by atoms with Crippen LogP contribution in [0.3, 0.4) is 0 Å². The number of hydrogen-bond acceptors (Lipinski definition) is 3. The molecule has 0 heterocycles. The van der Waals surface area contributed by atoms with E-state index in [2.05, 4.69) is 5.32 Å². The largest absolute Gasteiger partial charge is 0.481 e. The summed E-state index contributed by atoms with van der Waals surface area (Å²) in [6.45, 7) is 2.71. The molecule has 0 unspecified atom stereocenters. The van der Waals surface area contributed by atoms with Crippen molar-refractivity contribution in [1.82, 2.24) is 10.2 Å². The van der Waals surface area contributed by atoms with Gasteiger partial charge in [-0.25, -0.2) is 0 Å². The van der Waals surface area contributed by atoms with Gasteiger partial charge in [0, 0.05) is 31.0 Å². The Morgan fingerprint density at radius 1 is 1.00 bits per heavy atom. The fourth-order valence-corrected chi connectivity index (χ4v) is 3.90. The van der Waals surface area contributed by atoms with Gasteiger partial charge in [-0.3, -0.25) is 14.4 Å². The van der Waals surface area contributed by atoms with Crippen LogP contribution < -0.4 is 5.32 Å². The molecule has 2 rings (SSSR count). The van der Waals surface area contributed by atoms with Crippen LogP contribution in [0.1, 0.15) is 64.7 Å². The number of aliphatic carboxylic acids is 1. The second-order valence-electron chi connectivity index (χ2n) is 7.10. The number of rotatable bonds is 7. The molecule has 0 aromatic rings. The van der Waals surface area contributed by atoms with Gasteiger partial charge in [0.05, 0.1) is 6.42 Å². The highest BCUT2D eigenvalue weighted by atomic mass is 16.4. The normalized spacial score (nSPS) is 24.5. The van der Waals surface area contributed by atoms with Gasteiger partial charge in [0.15, 0.2) is 0 Å². The molecule has 0 radical (unpaired) electrons. The smallest absolute Gasteiger partial charge is 0.305 e. The van der Waals surface area contributed by atoms with Crippen molar-refractivity contribution in [3.05, 3.63) is 0 Å². The monoisotopic (exact) mass is 338 g/mol. The highest BCUT2D eigenvalue weighted by molar-refractivity contribution is 5.80. The van der Waals surface area contributed by atoms with Gasteiger partial charge in [0.2, 0.25) is 11.8 Å². The van der Waals surface area contributed by atoms with Crippen molar-refractivity contribution in [2.45, 2.75) is 70.8 Å². The minimum atomic E-state index is -0.875. The minimum Gasteiger partial charge on any atom is -0.481 e. The summed E-state index contributed by atoms with van der Waals surface area (Å²) in [5.41, 5.74) is 0. The first-order chi connectivity index (χ1) is 11.5. The number of hydrogen-bond donors (Lipinski definition) is 2. The molecule has 0 aliphatic heterocycles. The van der Waals surface area contributed by atoms with Crippen LogP contribution in [0.4, 0.5) is 0 Å². The molecule has 0 atom stereocenters. The topological polar surface area (TPSA) is 86.7 Å². The van der Waals surface area contributed by atoms with E-state index in [-0.39, 0.29) is 42.7 Å². The summed E-state index contributed by atoms with van der Waals surface area (Å²) in [4.78, 5) is 37.1. The van der Waals surface area contributed by atoms with E-state index in [1.165, 1.54) is 0 Å². The standard InChI is InChI=1S/C18H30N2O4/c1-2-20(12-11-16(21)22)18(24)14-7-9-15(10-8-14)19-17(23)13-5-3-4-6-13/h13-15H,2-12H2,1H3,(H,19,23)(H,21,22). The van der Waals surface area contributed by atoms with Crippen molar-refractivity contribution >= 4 is 17.8 Å². The van der Waals surface area contributed by atoms with E-state index in [9.17, 15) is 14.4 Å². The van der Waals surface area contributed by atoms with Gasteiger partial charge in [0.1, 0.15) is 0 Å². The van der Waals surface area contributed by atoms with Gasteiger partial charge >= 0.3 is 5.97 Å². The first-order valence-corrected chi connectivity index (χ1v) is 9.32. The van der Waals surface area contributed by atoms with E-state index in [1.54, 1.807) is 4.90 Å². The number of amides is 2. The Labute approximate surface area is 144 Å². The molecule has 2 aliphatic carbocycles. The zero-order valence-corrected chi connectivity index (χ0v) is 14.6. The summed E-state index contributed by atoms with van der Waals surface area (Å²) in [6, 6.07) is 0.191. The Balaban J connectivity index is 1.75. The van der Waals surface area contributed by atoms with Gasteiger partial charge in [-0.2, -0.15) is 0 Å². The van der Waals surface area contributed by atoms with Gasteiger partial charge in [-0.05, 0) is 45.4 Å². The number of nitrogens with zero attached hydrogens (tertiary/aromatic N) is 1. The summed E-state index contributed by atoms with van der Waals surface area (Å²) in [5.74, 6) is -0.452. The maximum Gasteiger partial charge on any atom is 0.305 e. The van der Waals surface area contributed by atoms with Crippen LogP contribution in [0.25, 0.3) is 0 Å². The van der Waals surface area contributed by atoms with Crippen LogP contribution in [0.5, 0.6) is 0 Å². The predicted molar refractivity (Wildman–Crippen MR) is 90.4 cm³/mol. The fourth-order valence-electron chi connectivity index (χ4n) is 3.90. The zero-order chi connectivity index (χ0) is 17.5. The second kappa shape index (κ2) is 9.04. The molecular formula is C18H30N2O4. The number of nitrogens with one attached hydrogen (secondary N) is 1. The number of carbonyl (C=O) groups is 3. The van der Waals surface area contributed by atoms with Gasteiger partial charge in [-0.15, -0.1) is 0 Å². The highest BCUT2D eigenvalue weighted by Gasteiger charge is 2.31. The molecule has 6 nitrogen and oxygen atoms in total. The maximum absolute atomic E-state index is 12.5. The van der Waals surface area contributed by atoms with Crippen molar-refractivity contribution in [1.29, 1.82) is 0 Å². The third-order valence-corrected chi connectivity index (χ3v) is 5.44. The van der Waals surface area contributed by atoms with Crippen LogP contribution in [-0.4, -0.2) is 46.9 Å². The lowest BCUT2D eigenvalue weighted by atomic mass is 9.84. The minimum absolute atomic E-state index is 0.00757. The highest BCUT2D eigenvalue weighted by Crippen LogP contribution is 2.28. The van der Waals surface area contributed by atoms with Crippen LogP contribution in [-0.2, 0) is 14.4 Å². The SMILES string of the molecule is CCN(CCC(=O)O)C(=O)C1CCC(NC(=O)C2CCCC2)CC1. The Hall–Kier alpha value is -1.59. The molecule has 2 N–H and O–H groups in total. The molecule has 2 aliphatic rings. The molecule has 2 saturated carbocycles. The van der Waals surface area contributed by atoms with Crippen LogP contribution in [0.2, 0.25) is 0 Å². The summed E-state index contributed by atoms with van der Waals surface area (Å²) in [5, 5.41) is 11.9. The van der Waals surface area contributed by atoms with Gasteiger partial charge in [0.25, 0.3) is 0 Å². The molecule has 0 saturated heterocycles. The summed E-state index contributed by atoms with van der Waals surface area (Å²) in [7, 11) is 0. The molecule has 0 spiro atoms. The molecule has 24 heavy (non-hydrogen) atoms. The maximum atomic E-state index is 12.5. The summed E-state index contributed by atoms with van der Waals surface area (Å²) < 4.78 is 0. The molecular weight excluding hydrogens is 308 g/mol. The van der Waals surface area contributed by atoms with Crippen molar-refractivity contribution in [3.63, 3.8) is 0 Å². The van der Waals surface area contributed by atoms with E-state index < -0.39 is 5.97 Å². The van der Waals surface area contributed by atoms with E-state index in [1.807, 2.05) is 6.92 Å². The zero-order valence-electron chi connectivity index (χ0n) is 14.6. The molecule has 0 aromatic heterocycles. The van der Waals surface area contributed by atoms with E-state index >= 15 is 0 Å². The van der Waals surface area contributed by atoms with Crippen molar-refractivity contribution in [3.8, 4) is 0 Å². The molecule has 2 fully saturated rings. The Kier molecular flexibility index (Phi) is 7.06. The van der Waals surface area contributed by atoms with Gasteiger partial charge < -0.3 is 15.3 Å². The van der Waals surface area contributed by atoms with E-state index in [0.717, 1.165) is 51.4 Å². The number of carboxylic acid groups (broad SMARTS) is 1.